The van der Waals surface area contributed by atoms with Crippen LogP contribution < -0.4 is 15.7 Å². The molecule has 1 aromatic carbocycles. The first kappa shape index (κ1) is 17.1. The summed E-state index contributed by atoms with van der Waals surface area (Å²) in [6, 6.07) is 6.90. The van der Waals surface area contributed by atoms with Gasteiger partial charge in [0.05, 0.1) is 0 Å². The van der Waals surface area contributed by atoms with Crippen molar-refractivity contribution in [3.8, 4) is 22.8 Å². The maximum Gasteiger partial charge on any atom is 0.328 e. The molecule has 0 fully saturated rings. The fraction of sp³-hybridized carbons (Fsp3) is 0.375. The van der Waals surface area contributed by atoms with E-state index in [1.165, 1.54) is 0 Å². The highest BCUT2D eigenvalue weighted by atomic mass is 28.4. The van der Waals surface area contributed by atoms with Crippen LogP contribution in [0.3, 0.4) is 0 Å². The highest BCUT2D eigenvalue weighted by Crippen LogP contribution is 2.37. The van der Waals surface area contributed by atoms with Crippen molar-refractivity contribution in [1.29, 1.82) is 0 Å². The van der Waals surface area contributed by atoms with Crippen LogP contribution in [0, 0.1) is 0 Å². The Kier molecular flexibility index (Phi) is 4.26. The topological polar surface area (TPSA) is 95.2 Å². The Labute approximate surface area is 135 Å². The molecule has 0 saturated carbocycles. The van der Waals surface area contributed by atoms with Crippen molar-refractivity contribution in [2.75, 3.05) is 0 Å². The SMILES string of the molecule is CC(C)(C)[Si](C)(C)Oc1ccc(-c2c(O)[nH]c(=O)[nH]c2=O)cc1. The van der Waals surface area contributed by atoms with Crippen molar-refractivity contribution in [2.45, 2.75) is 38.9 Å². The van der Waals surface area contributed by atoms with Gasteiger partial charge in [-0.1, -0.05) is 32.9 Å². The summed E-state index contributed by atoms with van der Waals surface area (Å²) in [5.74, 6) is 0.275. The van der Waals surface area contributed by atoms with E-state index in [1.807, 2.05) is 0 Å². The minimum Gasteiger partial charge on any atom is -0.544 e. The normalized spacial score (nSPS) is 12.2. The third kappa shape index (κ3) is 3.56. The number of H-pyrrole nitrogens is 2. The van der Waals surface area contributed by atoms with Gasteiger partial charge in [-0.2, -0.15) is 0 Å². The second-order valence-electron chi connectivity index (χ2n) is 7.02. The molecule has 0 bridgehead atoms. The molecule has 0 saturated heterocycles. The zero-order valence-electron chi connectivity index (χ0n) is 14.0. The lowest BCUT2D eigenvalue weighted by Gasteiger charge is -2.36. The Morgan fingerprint density at radius 2 is 1.61 bits per heavy atom. The van der Waals surface area contributed by atoms with Gasteiger partial charge in [0.25, 0.3) is 5.56 Å². The molecule has 3 N–H and O–H groups in total. The smallest absolute Gasteiger partial charge is 0.328 e. The summed E-state index contributed by atoms with van der Waals surface area (Å²) in [5, 5.41) is 9.87. The summed E-state index contributed by atoms with van der Waals surface area (Å²) < 4.78 is 6.17. The minimum absolute atomic E-state index is 0.0310. The quantitative estimate of drug-likeness (QED) is 0.752. The molecule has 0 atom stereocenters. The van der Waals surface area contributed by atoms with Crippen LogP contribution in [-0.2, 0) is 0 Å². The molecule has 0 radical (unpaired) electrons. The first-order valence-electron chi connectivity index (χ1n) is 7.36. The molecule has 0 aliphatic rings. The van der Waals surface area contributed by atoms with E-state index < -0.39 is 25.4 Å². The minimum atomic E-state index is -1.94. The lowest BCUT2D eigenvalue weighted by molar-refractivity contribution is 0.451. The van der Waals surface area contributed by atoms with Crippen LogP contribution in [0.1, 0.15) is 20.8 Å². The summed E-state index contributed by atoms with van der Waals surface area (Å²) in [5.41, 5.74) is -0.843. The highest BCUT2D eigenvalue weighted by Gasteiger charge is 2.38. The van der Waals surface area contributed by atoms with Crippen molar-refractivity contribution in [3.63, 3.8) is 0 Å². The van der Waals surface area contributed by atoms with Crippen LogP contribution in [0.5, 0.6) is 11.6 Å². The van der Waals surface area contributed by atoms with E-state index in [2.05, 4.69) is 43.8 Å². The van der Waals surface area contributed by atoms with Gasteiger partial charge >= 0.3 is 5.69 Å². The number of aromatic hydroxyl groups is 1. The predicted octanol–water partition coefficient (Wildman–Crippen LogP) is 2.82. The number of aromatic nitrogens is 2. The van der Waals surface area contributed by atoms with Crippen LogP contribution >= 0.6 is 0 Å². The first-order chi connectivity index (χ1) is 10.5. The third-order valence-corrected chi connectivity index (χ3v) is 8.60. The number of nitrogens with one attached hydrogen (secondary N) is 2. The Bertz CT molecular complexity index is 814. The molecule has 23 heavy (non-hydrogen) atoms. The van der Waals surface area contributed by atoms with Crippen molar-refractivity contribution in [1.82, 2.24) is 9.97 Å². The van der Waals surface area contributed by atoms with E-state index in [9.17, 15) is 14.7 Å². The lowest BCUT2D eigenvalue weighted by Crippen LogP contribution is -2.43. The van der Waals surface area contributed by atoms with Gasteiger partial charge < -0.3 is 9.53 Å². The van der Waals surface area contributed by atoms with Crippen molar-refractivity contribution in [3.05, 3.63) is 45.1 Å². The molecule has 0 unspecified atom stereocenters. The van der Waals surface area contributed by atoms with Crippen molar-refractivity contribution < 1.29 is 9.53 Å². The van der Waals surface area contributed by atoms with Crippen LogP contribution in [-0.4, -0.2) is 23.4 Å². The molecular formula is C16H22N2O4Si. The average molecular weight is 334 g/mol. The van der Waals surface area contributed by atoms with E-state index in [4.69, 9.17) is 4.43 Å². The molecule has 0 aliphatic heterocycles. The number of aromatic amines is 2. The zero-order chi connectivity index (χ0) is 17.4. The Balaban J connectivity index is 2.35. The molecule has 2 rings (SSSR count). The average Bonchev–Trinajstić information content (AvgIpc) is 2.37. The first-order valence-corrected chi connectivity index (χ1v) is 10.3. The van der Waals surface area contributed by atoms with Gasteiger partial charge in [-0.15, -0.1) is 0 Å². The largest absolute Gasteiger partial charge is 0.544 e. The van der Waals surface area contributed by atoms with Crippen molar-refractivity contribution in [2.24, 2.45) is 0 Å². The van der Waals surface area contributed by atoms with Gasteiger partial charge in [-0.05, 0) is 35.8 Å². The van der Waals surface area contributed by atoms with E-state index in [0.717, 1.165) is 5.75 Å². The maximum atomic E-state index is 11.8. The molecule has 7 heteroatoms. The number of rotatable bonds is 3. The lowest BCUT2D eigenvalue weighted by atomic mass is 10.1. The molecule has 2 aromatic rings. The van der Waals surface area contributed by atoms with Crippen molar-refractivity contribution >= 4 is 8.32 Å². The van der Waals surface area contributed by atoms with Gasteiger partial charge in [-0.25, -0.2) is 4.79 Å². The van der Waals surface area contributed by atoms with Crippen LogP contribution in [0.4, 0.5) is 0 Å². The molecule has 0 aliphatic carbocycles. The zero-order valence-corrected chi connectivity index (χ0v) is 15.0. The van der Waals surface area contributed by atoms with Crippen LogP contribution in [0.25, 0.3) is 11.1 Å². The molecule has 6 nitrogen and oxygen atoms in total. The number of hydrogen-bond acceptors (Lipinski definition) is 4. The Morgan fingerprint density at radius 1 is 1.04 bits per heavy atom. The summed E-state index contributed by atoms with van der Waals surface area (Å²) >= 11 is 0. The standard InChI is InChI=1S/C16H22N2O4Si/c1-16(2,3)23(4,5)22-11-8-6-10(7-9-11)12-13(19)17-15(21)18-14(12)20/h6-9H,1-5H3,(H3,17,18,19,20,21). The molecule has 1 aromatic heterocycles. The summed E-state index contributed by atoms with van der Waals surface area (Å²) in [4.78, 5) is 27.2. The predicted molar refractivity (Wildman–Crippen MR) is 92.6 cm³/mol. The van der Waals surface area contributed by atoms with Gasteiger partial charge in [0.2, 0.25) is 14.2 Å². The van der Waals surface area contributed by atoms with E-state index in [0.29, 0.717) is 5.56 Å². The van der Waals surface area contributed by atoms with Gasteiger partial charge in [0.1, 0.15) is 11.3 Å². The van der Waals surface area contributed by atoms with Gasteiger partial charge in [0, 0.05) is 0 Å². The second-order valence-corrected chi connectivity index (χ2v) is 11.7. The Hall–Kier alpha value is -2.28. The van der Waals surface area contributed by atoms with Crippen LogP contribution in [0.2, 0.25) is 18.1 Å². The molecule has 0 amide bonds. The number of hydrogen-bond donors (Lipinski definition) is 3. The summed E-state index contributed by atoms with van der Waals surface area (Å²) in [7, 11) is -1.94. The van der Waals surface area contributed by atoms with Gasteiger partial charge in [0.15, 0.2) is 0 Å². The molecule has 0 spiro atoms. The maximum absolute atomic E-state index is 11.8. The van der Waals surface area contributed by atoms with Crippen LogP contribution in [0.15, 0.2) is 33.9 Å². The molecule has 1 heterocycles. The highest BCUT2D eigenvalue weighted by molar-refractivity contribution is 6.74. The van der Waals surface area contributed by atoms with E-state index in [1.54, 1.807) is 24.3 Å². The van der Waals surface area contributed by atoms with E-state index >= 15 is 0 Å². The summed E-state index contributed by atoms with van der Waals surface area (Å²) in [6.45, 7) is 10.8. The fourth-order valence-corrected chi connectivity index (χ4v) is 2.91. The summed E-state index contributed by atoms with van der Waals surface area (Å²) in [6.07, 6.45) is 0. The Morgan fingerprint density at radius 3 is 2.09 bits per heavy atom. The molecular weight excluding hydrogens is 312 g/mol. The monoisotopic (exact) mass is 334 g/mol. The second kappa shape index (κ2) is 5.73. The van der Waals surface area contributed by atoms with E-state index in [-0.39, 0.29) is 10.6 Å². The number of benzene rings is 1. The van der Waals surface area contributed by atoms with Gasteiger partial charge in [-0.3, -0.25) is 14.8 Å². The fourth-order valence-electron chi connectivity index (χ4n) is 1.88. The third-order valence-electron chi connectivity index (χ3n) is 4.25. The molecule has 124 valence electrons.